The smallest absolute Gasteiger partial charge is 0.380 e. The van der Waals surface area contributed by atoms with Crippen LogP contribution in [0, 0.1) is 5.92 Å². The van der Waals surface area contributed by atoms with Gasteiger partial charge < -0.3 is 5.32 Å². The molecule has 3 nitrogen and oxygen atoms in total. The molecule has 0 saturated heterocycles. The molecule has 1 aromatic rings. The van der Waals surface area contributed by atoms with Crippen LogP contribution in [0.25, 0.3) is 0 Å². The second-order valence-corrected chi connectivity index (χ2v) is 4.64. The van der Waals surface area contributed by atoms with Crippen LogP contribution >= 0.6 is 0 Å². The number of aryl methyl sites for hydroxylation is 1. The summed E-state index contributed by atoms with van der Waals surface area (Å²) in [5.41, 5.74) is 0.878. The zero-order valence-corrected chi connectivity index (χ0v) is 9.67. The van der Waals surface area contributed by atoms with E-state index in [2.05, 4.69) is 10.4 Å². The first-order valence-electron chi connectivity index (χ1n) is 5.77. The van der Waals surface area contributed by atoms with Gasteiger partial charge in [0.2, 0.25) is 0 Å². The van der Waals surface area contributed by atoms with Crippen LogP contribution in [0.3, 0.4) is 0 Å². The lowest BCUT2D eigenvalue weighted by atomic mass is 9.85. The van der Waals surface area contributed by atoms with E-state index in [9.17, 15) is 13.2 Å². The zero-order chi connectivity index (χ0) is 12.5. The molecule has 0 unspecified atom stereocenters. The fourth-order valence-electron chi connectivity index (χ4n) is 2.30. The molecule has 0 spiro atoms. The third-order valence-electron chi connectivity index (χ3n) is 3.27. The summed E-state index contributed by atoms with van der Waals surface area (Å²) in [7, 11) is 1.81. The number of rotatable bonds is 2. The Bertz CT molecular complexity index is 364. The van der Waals surface area contributed by atoms with E-state index < -0.39 is 12.1 Å². The van der Waals surface area contributed by atoms with Crippen molar-refractivity contribution in [2.75, 3.05) is 5.32 Å². The maximum Gasteiger partial charge on any atom is 0.391 e. The van der Waals surface area contributed by atoms with Crippen LogP contribution in [-0.2, 0) is 7.05 Å². The Kier molecular flexibility index (Phi) is 3.31. The zero-order valence-electron chi connectivity index (χ0n) is 9.67. The first-order valence-corrected chi connectivity index (χ1v) is 5.77. The molecule has 0 atom stereocenters. The summed E-state index contributed by atoms with van der Waals surface area (Å²) in [4.78, 5) is 0. The Morgan fingerprint density at radius 2 is 1.94 bits per heavy atom. The third kappa shape index (κ3) is 3.14. The highest BCUT2D eigenvalue weighted by molar-refractivity contribution is 5.39. The van der Waals surface area contributed by atoms with Crippen molar-refractivity contribution < 1.29 is 13.2 Å². The van der Waals surface area contributed by atoms with Crippen molar-refractivity contribution in [3.63, 3.8) is 0 Å². The molecule has 1 aromatic heterocycles. The molecule has 2 rings (SSSR count). The molecular formula is C11H16F3N3. The molecular weight excluding hydrogens is 231 g/mol. The lowest BCUT2D eigenvalue weighted by Gasteiger charge is -2.30. The Morgan fingerprint density at radius 1 is 1.29 bits per heavy atom. The summed E-state index contributed by atoms with van der Waals surface area (Å²) in [5.74, 6) is -1.12. The second kappa shape index (κ2) is 4.58. The summed E-state index contributed by atoms with van der Waals surface area (Å²) in [6.07, 6.45) is 1.08. The van der Waals surface area contributed by atoms with Crippen molar-refractivity contribution in [1.29, 1.82) is 0 Å². The SMILES string of the molecule is Cn1cc(NC2CCC(C(F)(F)F)CC2)cn1. The number of halogens is 3. The number of nitrogens with one attached hydrogen (secondary N) is 1. The second-order valence-electron chi connectivity index (χ2n) is 4.64. The summed E-state index contributed by atoms with van der Waals surface area (Å²) in [6.45, 7) is 0. The fraction of sp³-hybridized carbons (Fsp3) is 0.727. The Labute approximate surface area is 98.0 Å². The average Bonchev–Trinajstić information content (AvgIpc) is 2.63. The molecule has 0 bridgehead atoms. The van der Waals surface area contributed by atoms with E-state index >= 15 is 0 Å². The first kappa shape index (κ1) is 12.3. The minimum Gasteiger partial charge on any atom is -0.380 e. The number of anilines is 1. The van der Waals surface area contributed by atoms with Crippen molar-refractivity contribution in [2.24, 2.45) is 13.0 Å². The van der Waals surface area contributed by atoms with Gasteiger partial charge in [0.25, 0.3) is 0 Å². The van der Waals surface area contributed by atoms with Gasteiger partial charge in [0.15, 0.2) is 0 Å². The summed E-state index contributed by atoms with van der Waals surface area (Å²) >= 11 is 0. The lowest BCUT2D eigenvalue weighted by Crippen LogP contribution is -2.32. The van der Waals surface area contributed by atoms with Gasteiger partial charge in [-0.3, -0.25) is 4.68 Å². The molecule has 0 aromatic carbocycles. The van der Waals surface area contributed by atoms with Gasteiger partial charge in [0.1, 0.15) is 0 Å². The van der Waals surface area contributed by atoms with Crippen molar-refractivity contribution in [3.05, 3.63) is 12.4 Å². The number of hydrogen-bond acceptors (Lipinski definition) is 2. The van der Waals surface area contributed by atoms with Gasteiger partial charge in [0.05, 0.1) is 17.8 Å². The normalized spacial score (nSPS) is 25.9. The molecule has 0 aliphatic heterocycles. The number of alkyl halides is 3. The van der Waals surface area contributed by atoms with Crippen molar-refractivity contribution in [1.82, 2.24) is 9.78 Å². The van der Waals surface area contributed by atoms with Crippen LogP contribution in [0.2, 0.25) is 0 Å². The number of aromatic nitrogens is 2. The lowest BCUT2D eigenvalue weighted by molar-refractivity contribution is -0.182. The monoisotopic (exact) mass is 247 g/mol. The van der Waals surface area contributed by atoms with Gasteiger partial charge >= 0.3 is 6.18 Å². The molecule has 1 aliphatic rings. The van der Waals surface area contributed by atoms with Gasteiger partial charge in [-0.05, 0) is 25.7 Å². The van der Waals surface area contributed by atoms with Gasteiger partial charge in [-0.2, -0.15) is 18.3 Å². The highest BCUT2D eigenvalue weighted by Crippen LogP contribution is 2.38. The topological polar surface area (TPSA) is 29.9 Å². The van der Waals surface area contributed by atoms with E-state index in [1.54, 1.807) is 10.9 Å². The Morgan fingerprint density at radius 3 is 2.41 bits per heavy atom. The molecule has 1 aliphatic carbocycles. The fourth-order valence-corrected chi connectivity index (χ4v) is 2.30. The number of hydrogen-bond donors (Lipinski definition) is 1. The first-order chi connectivity index (χ1) is 7.95. The average molecular weight is 247 g/mol. The Balaban J connectivity index is 1.83. The van der Waals surface area contributed by atoms with E-state index in [0.29, 0.717) is 12.8 Å². The largest absolute Gasteiger partial charge is 0.391 e. The molecule has 1 fully saturated rings. The predicted octanol–water partition coefficient (Wildman–Crippen LogP) is 2.95. The predicted molar refractivity (Wildman–Crippen MR) is 58.6 cm³/mol. The Hall–Kier alpha value is -1.20. The molecule has 1 saturated carbocycles. The van der Waals surface area contributed by atoms with E-state index in [-0.39, 0.29) is 18.9 Å². The maximum absolute atomic E-state index is 12.5. The van der Waals surface area contributed by atoms with Crippen molar-refractivity contribution >= 4 is 5.69 Å². The summed E-state index contributed by atoms with van der Waals surface area (Å²) < 4.78 is 39.1. The molecule has 0 radical (unpaired) electrons. The van der Waals surface area contributed by atoms with E-state index in [1.165, 1.54) is 0 Å². The van der Waals surface area contributed by atoms with Gasteiger partial charge in [-0.1, -0.05) is 0 Å². The quantitative estimate of drug-likeness (QED) is 0.870. The van der Waals surface area contributed by atoms with Crippen LogP contribution in [0.4, 0.5) is 18.9 Å². The summed E-state index contributed by atoms with van der Waals surface area (Å²) in [5, 5.41) is 7.23. The van der Waals surface area contributed by atoms with Gasteiger partial charge in [-0.15, -0.1) is 0 Å². The molecule has 6 heteroatoms. The summed E-state index contributed by atoms with van der Waals surface area (Å²) in [6, 6.07) is 0.137. The van der Waals surface area contributed by atoms with Gasteiger partial charge in [0, 0.05) is 19.3 Å². The number of nitrogens with zero attached hydrogens (tertiary/aromatic N) is 2. The minimum atomic E-state index is -4.03. The van der Waals surface area contributed by atoms with Crippen LogP contribution in [0.1, 0.15) is 25.7 Å². The van der Waals surface area contributed by atoms with E-state index in [1.807, 2.05) is 13.2 Å². The van der Waals surface area contributed by atoms with Crippen LogP contribution in [-0.4, -0.2) is 22.0 Å². The minimum absolute atomic E-state index is 0.137. The standard InChI is InChI=1S/C11H16F3N3/c1-17-7-10(6-15-17)16-9-4-2-8(3-5-9)11(12,13)14/h6-9,16H,2-5H2,1H3. The molecule has 1 heterocycles. The van der Waals surface area contributed by atoms with Gasteiger partial charge in [-0.25, -0.2) is 0 Å². The van der Waals surface area contributed by atoms with Crippen LogP contribution < -0.4 is 5.32 Å². The highest BCUT2D eigenvalue weighted by Gasteiger charge is 2.41. The molecule has 0 amide bonds. The highest BCUT2D eigenvalue weighted by atomic mass is 19.4. The van der Waals surface area contributed by atoms with Crippen molar-refractivity contribution in [2.45, 2.75) is 37.9 Å². The molecule has 17 heavy (non-hydrogen) atoms. The molecule has 96 valence electrons. The maximum atomic E-state index is 12.5. The third-order valence-corrected chi connectivity index (χ3v) is 3.27. The van der Waals surface area contributed by atoms with Crippen LogP contribution in [0.15, 0.2) is 12.4 Å². The van der Waals surface area contributed by atoms with E-state index in [0.717, 1.165) is 5.69 Å². The van der Waals surface area contributed by atoms with Crippen molar-refractivity contribution in [3.8, 4) is 0 Å². The van der Waals surface area contributed by atoms with Crippen LogP contribution in [0.5, 0.6) is 0 Å². The van der Waals surface area contributed by atoms with E-state index in [4.69, 9.17) is 0 Å². The molecule has 1 N–H and O–H groups in total.